The zero-order valence-electron chi connectivity index (χ0n) is 19.6. The summed E-state index contributed by atoms with van der Waals surface area (Å²) < 4.78 is 16.4. The molecule has 4 N–H and O–H groups in total. The first kappa shape index (κ1) is 25.0. The number of ether oxygens (including phenoxy) is 2. The van der Waals surface area contributed by atoms with Gasteiger partial charge in [-0.05, 0) is 61.9 Å². The number of methoxy groups -OCH3 is 1. The molecule has 182 valence electrons. The molecule has 1 aromatic heterocycles. The van der Waals surface area contributed by atoms with Crippen molar-refractivity contribution in [1.29, 1.82) is 0 Å². The second kappa shape index (κ2) is 11.5. The minimum Gasteiger partial charge on any atom is -0.493 e. The number of primary amides is 1. The number of carbonyl (C=O) groups is 3. The van der Waals surface area contributed by atoms with E-state index in [0.29, 0.717) is 35.1 Å². The molecule has 3 amide bonds. The molecule has 1 heterocycles. The SMILES string of the molecule is COc1cc(/C=C/C(=O)Nc2ccc(C(=O)NCC(N)=O)cc2)ccc1OCc1c(C)noc1C. The number of rotatable bonds is 10. The number of carbonyl (C=O) groups excluding carboxylic acids is 3. The second-order valence-corrected chi connectivity index (χ2v) is 7.55. The summed E-state index contributed by atoms with van der Waals surface area (Å²) in [6.07, 6.45) is 3.02. The van der Waals surface area contributed by atoms with E-state index in [4.69, 9.17) is 19.7 Å². The highest BCUT2D eigenvalue weighted by Crippen LogP contribution is 2.30. The average Bonchev–Trinajstić information content (AvgIpc) is 3.17. The van der Waals surface area contributed by atoms with Crippen LogP contribution in [0.1, 0.15) is 32.9 Å². The minimum atomic E-state index is -0.634. The van der Waals surface area contributed by atoms with Gasteiger partial charge in [-0.2, -0.15) is 0 Å². The quantitative estimate of drug-likeness (QED) is 0.380. The Bertz CT molecular complexity index is 1230. The predicted molar refractivity (Wildman–Crippen MR) is 129 cm³/mol. The highest BCUT2D eigenvalue weighted by molar-refractivity contribution is 6.02. The fraction of sp³-hybridized carbons (Fsp3) is 0.200. The maximum atomic E-state index is 12.3. The highest BCUT2D eigenvalue weighted by Gasteiger charge is 2.12. The smallest absolute Gasteiger partial charge is 0.251 e. The fourth-order valence-electron chi connectivity index (χ4n) is 3.10. The summed E-state index contributed by atoms with van der Waals surface area (Å²) in [5.41, 5.74) is 8.24. The van der Waals surface area contributed by atoms with Gasteiger partial charge in [0.1, 0.15) is 12.4 Å². The number of nitrogens with zero attached hydrogens (tertiary/aromatic N) is 1. The standard InChI is InChI=1S/C25H26N4O6/c1-15-20(16(2)35-29-15)14-34-21-10-4-17(12-22(21)33-3)5-11-24(31)28-19-8-6-18(7-9-19)25(32)27-13-23(26)30/h4-12H,13-14H2,1-3H3,(H2,26,30)(H,27,32)(H,28,31)/b11-5+. The second-order valence-electron chi connectivity index (χ2n) is 7.55. The molecule has 0 fully saturated rings. The van der Waals surface area contributed by atoms with Crippen LogP contribution in [0.15, 0.2) is 53.1 Å². The number of amides is 3. The summed E-state index contributed by atoms with van der Waals surface area (Å²) in [5.74, 6) is 0.348. The molecule has 3 aromatic rings. The number of benzene rings is 2. The van der Waals surface area contributed by atoms with Crippen molar-refractivity contribution in [3.63, 3.8) is 0 Å². The van der Waals surface area contributed by atoms with Crippen LogP contribution in [0.3, 0.4) is 0 Å². The van der Waals surface area contributed by atoms with Gasteiger partial charge >= 0.3 is 0 Å². The van der Waals surface area contributed by atoms with Crippen molar-refractivity contribution >= 4 is 29.5 Å². The van der Waals surface area contributed by atoms with Crippen molar-refractivity contribution < 1.29 is 28.4 Å². The molecule has 0 aliphatic carbocycles. The Balaban J connectivity index is 1.58. The van der Waals surface area contributed by atoms with Gasteiger partial charge in [0.2, 0.25) is 11.8 Å². The molecule has 35 heavy (non-hydrogen) atoms. The Morgan fingerprint density at radius 1 is 1.09 bits per heavy atom. The van der Waals surface area contributed by atoms with Gasteiger partial charge in [-0.3, -0.25) is 14.4 Å². The minimum absolute atomic E-state index is 0.249. The maximum absolute atomic E-state index is 12.3. The number of aromatic nitrogens is 1. The normalized spacial score (nSPS) is 10.7. The third kappa shape index (κ3) is 6.94. The van der Waals surface area contributed by atoms with Gasteiger partial charge in [0.05, 0.1) is 24.9 Å². The Morgan fingerprint density at radius 2 is 1.83 bits per heavy atom. The molecule has 0 unspecified atom stereocenters. The summed E-state index contributed by atoms with van der Waals surface area (Å²) in [4.78, 5) is 35.0. The van der Waals surface area contributed by atoms with Crippen LogP contribution in [0, 0.1) is 13.8 Å². The van der Waals surface area contributed by atoms with Crippen molar-refractivity contribution in [1.82, 2.24) is 10.5 Å². The lowest BCUT2D eigenvalue weighted by Gasteiger charge is -2.11. The molecule has 0 spiro atoms. The van der Waals surface area contributed by atoms with E-state index in [-0.39, 0.29) is 12.5 Å². The van der Waals surface area contributed by atoms with E-state index in [1.165, 1.54) is 25.3 Å². The zero-order chi connectivity index (χ0) is 25.4. The first-order valence-electron chi connectivity index (χ1n) is 10.6. The number of aryl methyl sites for hydroxylation is 2. The molecular formula is C25H26N4O6. The van der Waals surface area contributed by atoms with Gasteiger partial charge in [-0.1, -0.05) is 11.2 Å². The molecule has 0 aliphatic rings. The van der Waals surface area contributed by atoms with Crippen LogP contribution in [0.4, 0.5) is 5.69 Å². The Hall–Kier alpha value is -4.60. The zero-order valence-corrected chi connectivity index (χ0v) is 19.6. The molecule has 0 aliphatic heterocycles. The lowest BCUT2D eigenvalue weighted by molar-refractivity contribution is -0.117. The highest BCUT2D eigenvalue weighted by atomic mass is 16.5. The lowest BCUT2D eigenvalue weighted by atomic mass is 10.1. The van der Waals surface area contributed by atoms with Crippen LogP contribution in [0.25, 0.3) is 6.08 Å². The molecule has 0 radical (unpaired) electrons. The molecule has 0 bridgehead atoms. The summed E-state index contributed by atoms with van der Waals surface area (Å²) in [6.45, 7) is 3.72. The molecule has 0 saturated heterocycles. The van der Waals surface area contributed by atoms with Gasteiger partial charge in [-0.15, -0.1) is 0 Å². The van der Waals surface area contributed by atoms with E-state index in [9.17, 15) is 14.4 Å². The van der Waals surface area contributed by atoms with Crippen molar-refractivity contribution in [3.8, 4) is 11.5 Å². The van der Waals surface area contributed by atoms with Crippen LogP contribution in [0.5, 0.6) is 11.5 Å². The van der Waals surface area contributed by atoms with E-state index in [1.54, 1.807) is 36.4 Å². The van der Waals surface area contributed by atoms with Crippen LogP contribution >= 0.6 is 0 Å². The Morgan fingerprint density at radius 3 is 2.46 bits per heavy atom. The summed E-state index contributed by atoms with van der Waals surface area (Å²) in [6, 6.07) is 11.5. The molecule has 0 atom stereocenters. The third-order valence-electron chi connectivity index (χ3n) is 5.01. The van der Waals surface area contributed by atoms with Gasteiger partial charge in [-0.25, -0.2) is 0 Å². The van der Waals surface area contributed by atoms with Crippen LogP contribution < -0.4 is 25.8 Å². The predicted octanol–water partition coefficient (Wildman–Crippen LogP) is 2.75. The molecular weight excluding hydrogens is 452 g/mol. The number of hydrogen-bond donors (Lipinski definition) is 3. The molecule has 3 rings (SSSR count). The molecule has 10 nitrogen and oxygen atoms in total. The lowest BCUT2D eigenvalue weighted by Crippen LogP contribution is -2.33. The van der Waals surface area contributed by atoms with Crippen LogP contribution in [0.2, 0.25) is 0 Å². The number of nitrogens with one attached hydrogen (secondary N) is 2. The summed E-state index contributed by atoms with van der Waals surface area (Å²) in [5, 5.41) is 9.02. The van der Waals surface area contributed by atoms with Crippen molar-refractivity contribution in [2.24, 2.45) is 5.73 Å². The van der Waals surface area contributed by atoms with Crippen LogP contribution in [-0.4, -0.2) is 36.5 Å². The van der Waals surface area contributed by atoms with E-state index < -0.39 is 11.8 Å². The van der Waals surface area contributed by atoms with Gasteiger partial charge < -0.3 is 30.4 Å². The monoisotopic (exact) mass is 478 g/mol. The molecule has 2 aromatic carbocycles. The van der Waals surface area contributed by atoms with E-state index in [1.807, 2.05) is 13.8 Å². The summed E-state index contributed by atoms with van der Waals surface area (Å²) in [7, 11) is 1.54. The first-order valence-corrected chi connectivity index (χ1v) is 10.6. The number of nitrogens with two attached hydrogens (primary N) is 1. The topological polar surface area (TPSA) is 146 Å². The largest absolute Gasteiger partial charge is 0.493 e. The number of anilines is 1. The fourth-order valence-corrected chi connectivity index (χ4v) is 3.10. The average molecular weight is 479 g/mol. The van der Waals surface area contributed by atoms with Crippen molar-refractivity contribution in [2.45, 2.75) is 20.5 Å². The third-order valence-corrected chi connectivity index (χ3v) is 5.01. The van der Waals surface area contributed by atoms with Gasteiger partial charge in [0.25, 0.3) is 5.91 Å². The first-order chi connectivity index (χ1) is 16.8. The van der Waals surface area contributed by atoms with E-state index in [0.717, 1.165) is 16.8 Å². The summed E-state index contributed by atoms with van der Waals surface area (Å²) >= 11 is 0. The van der Waals surface area contributed by atoms with Crippen LogP contribution in [-0.2, 0) is 16.2 Å². The maximum Gasteiger partial charge on any atom is 0.251 e. The van der Waals surface area contributed by atoms with E-state index >= 15 is 0 Å². The van der Waals surface area contributed by atoms with Gasteiger partial charge in [0.15, 0.2) is 11.5 Å². The van der Waals surface area contributed by atoms with Crippen molar-refractivity contribution in [3.05, 3.63) is 76.7 Å². The van der Waals surface area contributed by atoms with E-state index in [2.05, 4.69) is 15.8 Å². The molecule has 0 saturated carbocycles. The van der Waals surface area contributed by atoms with Gasteiger partial charge in [0, 0.05) is 17.3 Å². The Kier molecular flexibility index (Phi) is 8.23. The molecule has 10 heteroatoms. The number of hydrogen-bond acceptors (Lipinski definition) is 7. The van der Waals surface area contributed by atoms with Crippen molar-refractivity contribution in [2.75, 3.05) is 19.0 Å². The Labute approximate surface area is 202 Å².